The van der Waals surface area contributed by atoms with Gasteiger partial charge in [0.15, 0.2) is 0 Å². The summed E-state index contributed by atoms with van der Waals surface area (Å²) in [5.74, 6) is 0.626. The van der Waals surface area contributed by atoms with E-state index >= 15 is 0 Å². The van der Waals surface area contributed by atoms with Gasteiger partial charge in [0.25, 0.3) is 16.5 Å². The summed E-state index contributed by atoms with van der Waals surface area (Å²) >= 11 is 4.59. The van der Waals surface area contributed by atoms with Gasteiger partial charge < -0.3 is 17.0 Å². The van der Waals surface area contributed by atoms with Crippen LogP contribution in [0.1, 0.15) is 22.3 Å². The highest BCUT2D eigenvalue weighted by Crippen LogP contribution is 2.21. The van der Waals surface area contributed by atoms with Gasteiger partial charge >= 0.3 is 0 Å². The highest BCUT2D eigenvalue weighted by molar-refractivity contribution is 9.08. The first-order valence-corrected chi connectivity index (χ1v) is 9.81. The van der Waals surface area contributed by atoms with Crippen LogP contribution in [0.3, 0.4) is 0 Å². The van der Waals surface area contributed by atoms with E-state index in [4.69, 9.17) is 11.1 Å². The van der Waals surface area contributed by atoms with Gasteiger partial charge in [0, 0.05) is 34.3 Å². The SMILES string of the molecule is Cc1cc(CBr)ccc1[N+](=O)[O-].Cc1cc(CSC(N)=[NH2+])ccc1[N+](=O)[O-].[Br-]. The van der Waals surface area contributed by atoms with Crippen LogP contribution in [-0.2, 0) is 11.1 Å². The third kappa shape index (κ3) is 8.36. The molecule has 0 bridgehead atoms. The molecule has 0 aromatic heterocycles. The summed E-state index contributed by atoms with van der Waals surface area (Å²) in [7, 11) is 0. The quantitative estimate of drug-likeness (QED) is 0.182. The maximum atomic E-state index is 10.6. The van der Waals surface area contributed by atoms with E-state index in [1.165, 1.54) is 23.9 Å². The van der Waals surface area contributed by atoms with Crippen molar-refractivity contribution < 1.29 is 32.2 Å². The molecule has 11 heteroatoms. The lowest BCUT2D eigenvalue weighted by molar-refractivity contribution is -0.385. The zero-order valence-corrected chi connectivity index (χ0v) is 19.2. The first kappa shape index (κ1) is 26.0. The summed E-state index contributed by atoms with van der Waals surface area (Å²) in [4.78, 5) is 20.2. The van der Waals surface area contributed by atoms with E-state index in [9.17, 15) is 20.2 Å². The molecule has 4 N–H and O–H groups in total. The van der Waals surface area contributed by atoms with Crippen molar-refractivity contribution in [2.75, 3.05) is 0 Å². The van der Waals surface area contributed by atoms with Gasteiger partial charge in [-0.15, -0.1) is 0 Å². The average Bonchev–Trinajstić information content (AvgIpc) is 2.59. The topological polar surface area (TPSA) is 138 Å². The maximum absolute atomic E-state index is 10.6. The van der Waals surface area contributed by atoms with Crippen LogP contribution >= 0.6 is 27.7 Å². The molecule has 0 aliphatic rings. The summed E-state index contributed by atoms with van der Waals surface area (Å²) in [5, 5.41) is 27.3. The molecular weight excluding hydrogens is 516 g/mol. The number of alkyl halides is 1. The Morgan fingerprint density at radius 3 is 1.82 bits per heavy atom. The number of hydrogen-bond donors (Lipinski definition) is 2. The number of halogens is 2. The molecule has 2 rings (SSSR count). The molecule has 0 aliphatic heterocycles. The van der Waals surface area contributed by atoms with Gasteiger partial charge in [-0.3, -0.25) is 31.4 Å². The molecule has 0 saturated heterocycles. The number of benzene rings is 2. The van der Waals surface area contributed by atoms with Crippen LogP contribution in [-0.4, -0.2) is 15.0 Å². The van der Waals surface area contributed by atoms with Crippen molar-refractivity contribution in [3.8, 4) is 0 Å². The minimum Gasteiger partial charge on any atom is -1.00 e. The maximum Gasteiger partial charge on any atom is 0.300 e. The summed E-state index contributed by atoms with van der Waals surface area (Å²) in [5.41, 5.74) is 8.99. The van der Waals surface area contributed by atoms with E-state index in [1.807, 2.05) is 6.07 Å². The molecule has 0 saturated carbocycles. The number of nitro groups is 2. The number of rotatable bonds is 5. The minimum absolute atomic E-state index is 0. The van der Waals surface area contributed by atoms with E-state index in [-0.39, 0.29) is 33.3 Å². The van der Waals surface area contributed by atoms with E-state index < -0.39 is 4.92 Å². The Hall–Kier alpha value is -1.98. The lowest BCUT2D eigenvalue weighted by atomic mass is 10.1. The fourth-order valence-electron chi connectivity index (χ4n) is 2.18. The highest BCUT2D eigenvalue weighted by Gasteiger charge is 2.10. The number of nitro benzene ring substituents is 2. The summed E-state index contributed by atoms with van der Waals surface area (Å²) in [6.07, 6.45) is 0. The van der Waals surface area contributed by atoms with Gasteiger partial charge in [0.05, 0.1) is 9.85 Å². The normalized spacial score (nSPS) is 9.54. The Morgan fingerprint density at radius 1 is 1.04 bits per heavy atom. The molecule has 28 heavy (non-hydrogen) atoms. The van der Waals surface area contributed by atoms with Gasteiger partial charge in [0.1, 0.15) is 0 Å². The van der Waals surface area contributed by atoms with Crippen LogP contribution in [0.15, 0.2) is 36.4 Å². The zero-order valence-electron chi connectivity index (χ0n) is 15.2. The Balaban J connectivity index is 0.000000514. The highest BCUT2D eigenvalue weighted by atomic mass is 79.9. The Labute approximate surface area is 185 Å². The summed E-state index contributed by atoms with van der Waals surface area (Å²) < 4.78 is 0. The molecule has 0 radical (unpaired) electrons. The van der Waals surface area contributed by atoms with Crippen molar-refractivity contribution in [2.45, 2.75) is 24.9 Å². The minimum atomic E-state index is -0.393. The second-order valence-electron chi connectivity index (χ2n) is 5.58. The van der Waals surface area contributed by atoms with Crippen LogP contribution in [0.4, 0.5) is 11.4 Å². The first-order valence-electron chi connectivity index (χ1n) is 7.70. The van der Waals surface area contributed by atoms with Gasteiger partial charge in [-0.25, -0.2) is 0 Å². The van der Waals surface area contributed by atoms with Crippen molar-refractivity contribution in [1.29, 1.82) is 0 Å². The van der Waals surface area contributed by atoms with Crippen LogP contribution in [0.2, 0.25) is 0 Å². The lowest BCUT2D eigenvalue weighted by Crippen LogP contribution is -3.00. The van der Waals surface area contributed by atoms with E-state index in [2.05, 4.69) is 15.9 Å². The molecule has 0 unspecified atom stereocenters. The molecule has 2 aromatic carbocycles. The number of amidine groups is 1. The zero-order chi connectivity index (χ0) is 20.6. The van der Waals surface area contributed by atoms with Crippen LogP contribution < -0.4 is 28.1 Å². The fourth-order valence-corrected chi connectivity index (χ4v) is 3.05. The predicted molar refractivity (Wildman–Crippen MR) is 111 cm³/mol. The third-order valence-electron chi connectivity index (χ3n) is 3.48. The molecule has 0 fully saturated rings. The number of thioether (sulfide) groups is 1. The molecule has 8 nitrogen and oxygen atoms in total. The molecule has 0 aliphatic carbocycles. The first-order chi connectivity index (χ1) is 12.6. The van der Waals surface area contributed by atoms with Crippen molar-refractivity contribution in [3.63, 3.8) is 0 Å². The van der Waals surface area contributed by atoms with E-state index in [0.717, 1.165) is 16.5 Å². The average molecular weight is 536 g/mol. The van der Waals surface area contributed by atoms with Crippen molar-refractivity contribution >= 4 is 44.2 Å². The van der Waals surface area contributed by atoms with Gasteiger partial charge in [-0.2, -0.15) is 0 Å². The number of nitrogens with zero attached hydrogens (tertiary/aromatic N) is 2. The number of aryl methyl sites for hydroxylation is 2. The Morgan fingerprint density at radius 2 is 1.46 bits per heavy atom. The van der Waals surface area contributed by atoms with Crippen molar-refractivity contribution in [1.82, 2.24) is 0 Å². The summed E-state index contributed by atoms with van der Waals surface area (Å²) in [6, 6.07) is 10.1. The summed E-state index contributed by atoms with van der Waals surface area (Å²) in [6.45, 7) is 3.45. The number of hydrogen-bond acceptors (Lipinski definition) is 5. The molecular formula is C17H20Br2N4O4S. The molecule has 0 atom stereocenters. The number of nitrogens with two attached hydrogens (primary N) is 2. The van der Waals surface area contributed by atoms with Crippen LogP contribution in [0.5, 0.6) is 0 Å². The smallest absolute Gasteiger partial charge is 0.300 e. The van der Waals surface area contributed by atoms with E-state index in [0.29, 0.717) is 22.0 Å². The molecule has 152 valence electrons. The second kappa shape index (κ2) is 12.5. The van der Waals surface area contributed by atoms with Gasteiger partial charge in [-0.1, -0.05) is 28.1 Å². The lowest BCUT2D eigenvalue weighted by Gasteiger charge is -2.01. The molecule has 0 spiro atoms. The van der Waals surface area contributed by atoms with E-state index in [1.54, 1.807) is 32.0 Å². The van der Waals surface area contributed by atoms with Crippen molar-refractivity contribution in [2.24, 2.45) is 5.73 Å². The monoisotopic (exact) mass is 534 g/mol. The van der Waals surface area contributed by atoms with Gasteiger partial charge in [-0.05, 0) is 48.9 Å². The van der Waals surface area contributed by atoms with Crippen LogP contribution in [0.25, 0.3) is 0 Å². The predicted octanol–water partition coefficient (Wildman–Crippen LogP) is 0.0123. The van der Waals surface area contributed by atoms with Gasteiger partial charge in [0.2, 0.25) is 0 Å². The Kier molecular flexibility index (Phi) is 11.6. The second-order valence-corrected chi connectivity index (χ2v) is 7.19. The Bertz CT molecular complexity index is 865. The van der Waals surface area contributed by atoms with Crippen molar-refractivity contribution in [3.05, 3.63) is 78.9 Å². The van der Waals surface area contributed by atoms with Crippen LogP contribution in [0, 0.1) is 34.1 Å². The molecule has 2 aromatic rings. The molecule has 0 amide bonds. The standard InChI is InChI=1S/C9H11N3O2S.C8H8BrNO2.BrH/c1-6-4-7(5-15-9(10)11)2-3-8(6)12(13)14;1-6-4-7(5-9)2-3-8(6)10(11)12;/h2-4H,5H2,1H3,(H3,10,11);2-4H,5H2,1H3;1H. The fraction of sp³-hybridized carbons (Fsp3) is 0.235. The largest absolute Gasteiger partial charge is 1.00 e. The third-order valence-corrected chi connectivity index (χ3v) is 4.93. The molecule has 0 heterocycles.